The van der Waals surface area contributed by atoms with Crippen LogP contribution in [0.25, 0.3) is 0 Å². The molecule has 0 aromatic heterocycles. The molecule has 0 spiro atoms. The molecule has 0 bridgehead atoms. The van der Waals surface area contributed by atoms with Crippen LogP contribution in [0.15, 0.2) is 18.2 Å². The molecule has 1 aromatic rings. The van der Waals surface area contributed by atoms with Gasteiger partial charge in [0.15, 0.2) is 9.84 Å². The van der Waals surface area contributed by atoms with Crippen LogP contribution in [0.3, 0.4) is 0 Å². The van der Waals surface area contributed by atoms with Gasteiger partial charge in [0.2, 0.25) is 0 Å². The minimum absolute atomic E-state index is 0.0257. The molecule has 7 heteroatoms. The van der Waals surface area contributed by atoms with Crippen molar-refractivity contribution in [2.24, 2.45) is 0 Å². The van der Waals surface area contributed by atoms with Gasteiger partial charge in [0, 0.05) is 13.1 Å². The average Bonchev–Trinajstić information content (AvgIpc) is 2.70. The maximum Gasteiger partial charge on any atom is 0.335 e. The van der Waals surface area contributed by atoms with Crippen LogP contribution in [0.2, 0.25) is 0 Å². The summed E-state index contributed by atoms with van der Waals surface area (Å²) < 4.78 is 23.2. The Morgan fingerprint density at radius 2 is 2.00 bits per heavy atom. The Hall–Kier alpha value is -1.44. The van der Waals surface area contributed by atoms with Crippen LogP contribution < -0.4 is 0 Å². The molecule has 21 heavy (non-hydrogen) atoms. The lowest BCUT2D eigenvalue weighted by Crippen LogP contribution is -2.45. The summed E-state index contributed by atoms with van der Waals surface area (Å²) in [5.41, 5.74) is 2.22. The topological polar surface area (TPSA) is 94.9 Å². The minimum Gasteiger partial charge on any atom is -0.478 e. The Balaban J connectivity index is 1.84. The molecule has 0 amide bonds. The van der Waals surface area contributed by atoms with Gasteiger partial charge in [-0.1, -0.05) is 6.07 Å². The molecule has 1 aromatic carbocycles. The lowest BCUT2D eigenvalue weighted by molar-refractivity contribution is 0.0691. The van der Waals surface area contributed by atoms with Crippen molar-refractivity contribution < 1.29 is 23.4 Å². The third kappa shape index (κ3) is 2.81. The maximum atomic E-state index is 11.6. The van der Waals surface area contributed by atoms with Gasteiger partial charge in [-0.3, -0.25) is 4.90 Å². The number of hydrogen-bond acceptors (Lipinski definition) is 5. The highest BCUT2D eigenvalue weighted by molar-refractivity contribution is 7.91. The zero-order valence-corrected chi connectivity index (χ0v) is 12.2. The SMILES string of the molecule is O=C(O)c1ccc2c(c1)CN(C1CS(=O)(=O)CC1O)CC2. The monoisotopic (exact) mass is 311 g/mol. The van der Waals surface area contributed by atoms with Crippen molar-refractivity contribution in [2.75, 3.05) is 18.1 Å². The van der Waals surface area contributed by atoms with Crippen LogP contribution in [0.1, 0.15) is 21.5 Å². The lowest BCUT2D eigenvalue weighted by atomic mass is 9.96. The predicted molar refractivity (Wildman–Crippen MR) is 76.0 cm³/mol. The smallest absolute Gasteiger partial charge is 0.335 e. The third-order valence-corrected chi connectivity index (χ3v) is 5.96. The molecule has 2 aliphatic heterocycles. The minimum atomic E-state index is -3.18. The van der Waals surface area contributed by atoms with Crippen LogP contribution in [-0.4, -0.2) is 59.7 Å². The highest BCUT2D eigenvalue weighted by Crippen LogP contribution is 2.26. The molecule has 2 N–H and O–H groups in total. The molecule has 114 valence electrons. The molecule has 1 saturated heterocycles. The summed E-state index contributed by atoms with van der Waals surface area (Å²) in [5, 5.41) is 19.0. The first-order valence-electron chi connectivity index (χ1n) is 6.83. The number of sulfone groups is 1. The first-order chi connectivity index (χ1) is 9.85. The number of fused-ring (bicyclic) bond motifs is 1. The molecule has 2 unspecified atom stereocenters. The predicted octanol–water partition coefficient (Wildman–Crippen LogP) is -0.0992. The van der Waals surface area contributed by atoms with Crippen LogP contribution in [-0.2, 0) is 22.8 Å². The number of aliphatic hydroxyl groups excluding tert-OH is 1. The fraction of sp³-hybridized carbons (Fsp3) is 0.500. The van der Waals surface area contributed by atoms with Gasteiger partial charge < -0.3 is 10.2 Å². The van der Waals surface area contributed by atoms with Gasteiger partial charge in [-0.15, -0.1) is 0 Å². The van der Waals surface area contributed by atoms with E-state index in [1.807, 2.05) is 11.0 Å². The van der Waals surface area contributed by atoms with E-state index in [9.17, 15) is 18.3 Å². The van der Waals surface area contributed by atoms with Crippen molar-refractivity contribution in [3.05, 3.63) is 34.9 Å². The Morgan fingerprint density at radius 1 is 1.24 bits per heavy atom. The van der Waals surface area contributed by atoms with Gasteiger partial charge in [0.25, 0.3) is 0 Å². The quantitative estimate of drug-likeness (QED) is 0.792. The molecule has 2 atom stereocenters. The van der Waals surface area contributed by atoms with E-state index in [0.717, 1.165) is 17.5 Å². The zero-order valence-electron chi connectivity index (χ0n) is 11.4. The molecule has 3 rings (SSSR count). The van der Waals surface area contributed by atoms with E-state index in [2.05, 4.69) is 0 Å². The Bertz CT molecular complexity index is 685. The van der Waals surface area contributed by atoms with Gasteiger partial charge in [0.1, 0.15) is 0 Å². The number of aromatic carboxylic acids is 1. The second-order valence-electron chi connectivity index (χ2n) is 5.72. The summed E-state index contributed by atoms with van der Waals surface area (Å²) in [6, 6.07) is 4.65. The summed E-state index contributed by atoms with van der Waals surface area (Å²) in [7, 11) is -3.18. The number of carbonyl (C=O) groups is 1. The summed E-state index contributed by atoms with van der Waals surface area (Å²) in [6.45, 7) is 1.16. The Labute approximate surface area is 122 Å². The first-order valence-corrected chi connectivity index (χ1v) is 8.65. The van der Waals surface area contributed by atoms with Gasteiger partial charge >= 0.3 is 5.97 Å². The van der Waals surface area contributed by atoms with Crippen LogP contribution >= 0.6 is 0 Å². The molecule has 2 aliphatic rings. The number of aliphatic hydroxyl groups is 1. The lowest BCUT2D eigenvalue weighted by Gasteiger charge is -2.34. The van der Waals surface area contributed by atoms with E-state index < -0.39 is 28.0 Å². The normalized spacial score (nSPS) is 28.2. The van der Waals surface area contributed by atoms with Gasteiger partial charge in [-0.05, 0) is 29.7 Å². The summed E-state index contributed by atoms with van der Waals surface area (Å²) in [4.78, 5) is 13.0. The van der Waals surface area contributed by atoms with E-state index in [1.54, 1.807) is 12.1 Å². The molecule has 1 fully saturated rings. The second kappa shape index (κ2) is 5.08. The van der Waals surface area contributed by atoms with Crippen molar-refractivity contribution in [1.82, 2.24) is 4.90 Å². The molecule has 0 saturated carbocycles. The summed E-state index contributed by atoms with van der Waals surface area (Å²) >= 11 is 0. The zero-order chi connectivity index (χ0) is 15.2. The molecular weight excluding hydrogens is 294 g/mol. The Morgan fingerprint density at radius 3 is 2.62 bits per heavy atom. The molecule has 0 aliphatic carbocycles. The molecule has 2 heterocycles. The van der Waals surface area contributed by atoms with Crippen LogP contribution in [0.5, 0.6) is 0 Å². The van der Waals surface area contributed by atoms with E-state index in [4.69, 9.17) is 5.11 Å². The van der Waals surface area contributed by atoms with E-state index in [0.29, 0.717) is 13.1 Å². The van der Waals surface area contributed by atoms with Crippen LogP contribution in [0.4, 0.5) is 0 Å². The van der Waals surface area contributed by atoms with Crippen molar-refractivity contribution in [1.29, 1.82) is 0 Å². The van der Waals surface area contributed by atoms with Gasteiger partial charge in [-0.2, -0.15) is 0 Å². The summed E-state index contributed by atoms with van der Waals surface area (Å²) in [5.74, 6) is -1.18. The number of carboxylic acids is 1. The second-order valence-corrected chi connectivity index (χ2v) is 7.87. The fourth-order valence-electron chi connectivity index (χ4n) is 3.15. The highest BCUT2D eigenvalue weighted by atomic mass is 32.2. The highest BCUT2D eigenvalue weighted by Gasteiger charge is 2.40. The van der Waals surface area contributed by atoms with Crippen molar-refractivity contribution in [3.8, 4) is 0 Å². The number of hydrogen-bond donors (Lipinski definition) is 2. The molecule has 0 radical (unpaired) electrons. The first kappa shape index (κ1) is 14.5. The van der Waals surface area contributed by atoms with Crippen molar-refractivity contribution in [2.45, 2.75) is 25.1 Å². The number of benzene rings is 1. The van der Waals surface area contributed by atoms with E-state index in [1.165, 1.54) is 0 Å². The number of nitrogens with zero attached hydrogens (tertiary/aromatic N) is 1. The standard InChI is InChI=1S/C14H17NO5S/c16-13-8-21(19,20)7-12(13)15-4-3-9-1-2-10(14(17)18)5-11(9)6-15/h1-2,5,12-13,16H,3-4,6-8H2,(H,17,18). The fourth-order valence-corrected chi connectivity index (χ4v) is 4.99. The van der Waals surface area contributed by atoms with Crippen LogP contribution in [0, 0.1) is 0 Å². The largest absolute Gasteiger partial charge is 0.478 e. The van der Waals surface area contributed by atoms with E-state index in [-0.39, 0.29) is 17.1 Å². The summed E-state index contributed by atoms with van der Waals surface area (Å²) in [6.07, 6.45) is -0.127. The molecular formula is C14H17NO5S. The van der Waals surface area contributed by atoms with Crippen molar-refractivity contribution in [3.63, 3.8) is 0 Å². The number of rotatable bonds is 2. The maximum absolute atomic E-state index is 11.6. The number of carboxylic acid groups (broad SMARTS) is 1. The average molecular weight is 311 g/mol. The Kier molecular flexibility index (Phi) is 3.51. The van der Waals surface area contributed by atoms with Gasteiger partial charge in [-0.25, -0.2) is 13.2 Å². The van der Waals surface area contributed by atoms with Gasteiger partial charge in [0.05, 0.1) is 29.2 Å². The third-order valence-electron chi connectivity index (χ3n) is 4.26. The van der Waals surface area contributed by atoms with Crippen molar-refractivity contribution >= 4 is 15.8 Å². The molecule has 6 nitrogen and oxygen atoms in total. The van der Waals surface area contributed by atoms with E-state index >= 15 is 0 Å².